The second kappa shape index (κ2) is 4.75. The van der Waals surface area contributed by atoms with Gasteiger partial charge in [0.2, 0.25) is 0 Å². The number of H-pyrrole nitrogens is 1. The van der Waals surface area contributed by atoms with E-state index in [1.807, 2.05) is 0 Å². The average Bonchev–Trinajstić information content (AvgIpc) is 2.99. The molecular weight excluding hydrogens is 280 g/mol. The first kappa shape index (κ1) is 12.5. The molecule has 110 valence electrons. The van der Waals surface area contributed by atoms with E-state index in [0.29, 0.717) is 0 Å². The van der Waals surface area contributed by atoms with Gasteiger partial charge in [0.05, 0.1) is 0 Å². The van der Waals surface area contributed by atoms with Crippen LogP contribution < -0.4 is 5.32 Å². The Bertz CT molecular complexity index is 1070. The molecule has 2 N–H and O–H groups in total. The third kappa shape index (κ3) is 1.88. The molecule has 2 heterocycles. The van der Waals surface area contributed by atoms with Crippen LogP contribution in [0.15, 0.2) is 66.7 Å². The predicted octanol–water partition coefficient (Wildman–Crippen LogP) is 5.43. The molecule has 0 saturated heterocycles. The summed E-state index contributed by atoms with van der Waals surface area (Å²) >= 11 is 0. The lowest BCUT2D eigenvalue weighted by Gasteiger charge is -2.17. The normalized spacial score (nSPS) is 13.2. The molecule has 0 amide bonds. The zero-order valence-corrected chi connectivity index (χ0v) is 12.6. The van der Waals surface area contributed by atoms with Crippen molar-refractivity contribution in [2.75, 3.05) is 11.9 Å². The molecule has 4 aromatic rings. The van der Waals surface area contributed by atoms with Crippen LogP contribution in [-0.4, -0.2) is 11.5 Å². The zero-order valence-electron chi connectivity index (χ0n) is 12.6. The molecule has 1 aliphatic heterocycles. The van der Waals surface area contributed by atoms with Crippen molar-refractivity contribution < 1.29 is 0 Å². The standard InChI is InChI=1S/C21H16N2/c1-2-9-19-17(7-1)18-13-15(10-11-20(18)23-19)16-8-3-5-14-6-4-12-22-21(14)16/h1-11,13,22-23H,12H2. The molecule has 0 bridgehead atoms. The fraction of sp³-hybridized carbons (Fsp3) is 0.0476. The van der Waals surface area contributed by atoms with Crippen LogP contribution in [0.5, 0.6) is 0 Å². The van der Waals surface area contributed by atoms with Crippen LogP contribution in [0.2, 0.25) is 0 Å². The average molecular weight is 296 g/mol. The Morgan fingerprint density at radius 3 is 2.70 bits per heavy atom. The van der Waals surface area contributed by atoms with Gasteiger partial charge < -0.3 is 10.3 Å². The second-order valence-electron chi connectivity index (χ2n) is 5.98. The van der Waals surface area contributed by atoms with Crippen LogP contribution in [0.25, 0.3) is 39.0 Å². The Hall–Kier alpha value is -3.00. The second-order valence-corrected chi connectivity index (χ2v) is 5.98. The number of rotatable bonds is 1. The Labute approximate surface area is 134 Å². The van der Waals surface area contributed by atoms with Gasteiger partial charge in [-0.05, 0) is 29.3 Å². The van der Waals surface area contributed by atoms with E-state index < -0.39 is 0 Å². The summed E-state index contributed by atoms with van der Waals surface area (Å²) < 4.78 is 0. The Balaban J connectivity index is 1.78. The van der Waals surface area contributed by atoms with Crippen molar-refractivity contribution in [1.29, 1.82) is 0 Å². The highest BCUT2D eigenvalue weighted by Gasteiger charge is 2.12. The molecule has 1 aromatic heterocycles. The van der Waals surface area contributed by atoms with Crippen LogP contribution in [0.3, 0.4) is 0 Å². The van der Waals surface area contributed by atoms with Crippen molar-refractivity contribution in [1.82, 2.24) is 4.98 Å². The summed E-state index contributed by atoms with van der Waals surface area (Å²) in [6.45, 7) is 0.888. The van der Waals surface area contributed by atoms with Crippen LogP contribution in [-0.2, 0) is 0 Å². The molecule has 0 unspecified atom stereocenters. The van der Waals surface area contributed by atoms with Crippen molar-refractivity contribution in [2.24, 2.45) is 0 Å². The van der Waals surface area contributed by atoms with Gasteiger partial charge in [-0.25, -0.2) is 0 Å². The lowest BCUT2D eigenvalue weighted by Crippen LogP contribution is -2.05. The number of benzene rings is 3. The first-order valence-corrected chi connectivity index (χ1v) is 7.94. The van der Waals surface area contributed by atoms with E-state index in [4.69, 9.17) is 0 Å². The van der Waals surface area contributed by atoms with E-state index in [0.717, 1.165) is 6.54 Å². The summed E-state index contributed by atoms with van der Waals surface area (Å²) in [5.74, 6) is 0. The Morgan fingerprint density at radius 1 is 0.783 bits per heavy atom. The third-order valence-electron chi connectivity index (χ3n) is 4.61. The van der Waals surface area contributed by atoms with Crippen molar-refractivity contribution in [3.8, 4) is 11.1 Å². The number of hydrogen-bond acceptors (Lipinski definition) is 1. The van der Waals surface area contributed by atoms with Gasteiger partial charge in [-0.15, -0.1) is 0 Å². The molecular formula is C21H16N2. The number of nitrogens with one attached hydrogen (secondary N) is 2. The molecule has 5 rings (SSSR count). The van der Waals surface area contributed by atoms with Crippen molar-refractivity contribution in [3.63, 3.8) is 0 Å². The van der Waals surface area contributed by atoms with Gasteiger partial charge in [0.25, 0.3) is 0 Å². The van der Waals surface area contributed by atoms with Crippen LogP contribution in [0.1, 0.15) is 5.56 Å². The summed E-state index contributed by atoms with van der Waals surface area (Å²) in [6.07, 6.45) is 4.36. The summed E-state index contributed by atoms with van der Waals surface area (Å²) in [5.41, 5.74) is 7.38. The number of hydrogen-bond donors (Lipinski definition) is 2. The van der Waals surface area contributed by atoms with Crippen molar-refractivity contribution in [2.45, 2.75) is 0 Å². The largest absolute Gasteiger partial charge is 0.381 e. The Morgan fingerprint density at radius 2 is 1.70 bits per heavy atom. The summed E-state index contributed by atoms with van der Waals surface area (Å²) in [5, 5.41) is 6.07. The molecule has 0 radical (unpaired) electrons. The number of para-hydroxylation sites is 2. The first-order chi connectivity index (χ1) is 11.4. The maximum Gasteiger partial charge on any atom is 0.0495 e. The topological polar surface area (TPSA) is 27.8 Å². The van der Waals surface area contributed by atoms with E-state index in [1.54, 1.807) is 0 Å². The van der Waals surface area contributed by atoms with Gasteiger partial charge in [-0.2, -0.15) is 0 Å². The molecule has 0 aliphatic carbocycles. The SMILES string of the molecule is C1=Cc2cccc(-c3ccc4[nH]c5ccccc5c4c3)c2NC1. The van der Waals surface area contributed by atoms with Crippen molar-refractivity contribution in [3.05, 3.63) is 72.3 Å². The van der Waals surface area contributed by atoms with Gasteiger partial charge >= 0.3 is 0 Å². The maximum absolute atomic E-state index is 3.51. The van der Waals surface area contributed by atoms with Crippen LogP contribution in [0, 0.1) is 0 Å². The summed E-state index contributed by atoms with van der Waals surface area (Å²) in [4.78, 5) is 3.49. The molecule has 2 nitrogen and oxygen atoms in total. The molecule has 3 aromatic carbocycles. The van der Waals surface area contributed by atoms with Gasteiger partial charge in [0.15, 0.2) is 0 Å². The minimum absolute atomic E-state index is 0.888. The lowest BCUT2D eigenvalue weighted by molar-refractivity contribution is 1.31. The number of fused-ring (bicyclic) bond motifs is 4. The zero-order chi connectivity index (χ0) is 15.2. The van der Waals surface area contributed by atoms with E-state index >= 15 is 0 Å². The number of aromatic nitrogens is 1. The van der Waals surface area contributed by atoms with Crippen molar-refractivity contribution >= 4 is 33.6 Å². The highest BCUT2D eigenvalue weighted by Crippen LogP contribution is 2.36. The monoisotopic (exact) mass is 296 g/mol. The summed E-state index contributed by atoms with van der Waals surface area (Å²) in [7, 11) is 0. The molecule has 0 saturated carbocycles. The van der Waals surface area contributed by atoms with Crippen LogP contribution in [0.4, 0.5) is 5.69 Å². The smallest absolute Gasteiger partial charge is 0.0495 e. The van der Waals surface area contributed by atoms with Gasteiger partial charge in [-0.1, -0.05) is 54.6 Å². The quantitative estimate of drug-likeness (QED) is 0.482. The van der Waals surface area contributed by atoms with Gasteiger partial charge in [0.1, 0.15) is 0 Å². The molecule has 2 heteroatoms. The maximum atomic E-state index is 3.51. The minimum Gasteiger partial charge on any atom is -0.381 e. The van der Waals surface area contributed by atoms with Gasteiger partial charge in [-0.3, -0.25) is 0 Å². The Kier molecular flexibility index (Phi) is 2.59. The number of anilines is 1. The highest BCUT2D eigenvalue weighted by molar-refractivity contribution is 6.08. The third-order valence-corrected chi connectivity index (χ3v) is 4.61. The molecule has 0 atom stereocenters. The molecule has 0 spiro atoms. The number of aromatic amines is 1. The first-order valence-electron chi connectivity index (χ1n) is 7.94. The fourth-order valence-corrected chi connectivity index (χ4v) is 3.51. The minimum atomic E-state index is 0.888. The molecule has 23 heavy (non-hydrogen) atoms. The fourth-order valence-electron chi connectivity index (χ4n) is 3.51. The highest BCUT2D eigenvalue weighted by atomic mass is 14.9. The van der Waals surface area contributed by atoms with Gasteiger partial charge in [0, 0.05) is 39.6 Å². The summed E-state index contributed by atoms with van der Waals surface area (Å²) in [6, 6.07) is 21.6. The van der Waals surface area contributed by atoms with E-state index in [1.165, 1.54) is 44.2 Å². The van der Waals surface area contributed by atoms with Crippen LogP contribution >= 0.6 is 0 Å². The van der Waals surface area contributed by atoms with E-state index in [9.17, 15) is 0 Å². The molecule has 1 aliphatic rings. The molecule has 0 fully saturated rings. The van der Waals surface area contributed by atoms with E-state index in [2.05, 4.69) is 83.1 Å². The predicted molar refractivity (Wildman–Crippen MR) is 98.8 cm³/mol. The van der Waals surface area contributed by atoms with E-state index in [-0.39, 0.29) is 0 Å². The lowest BCUT2D eigenvalue weighted by atomic mass is 9.97.